The van der Waals surface area contributed by atoms with Gasteiger partial charge in [0.15, 0.2) is 0 Å². The molecule has 0 bridgehead atoms. The summed E-state index contributed by atoms with van der Waals surface area (Å²) in [6, 6.07) is 9.94. The molecule has 27 heavy (non-hydrogen) atoms. The van der Waals surface area contributed by atoms with Gasteiger partial charge in [-0.2, -0.15) is 0 Å². The maximum absolute atomic E-state index is 12.4. The minimum Gasteiger partial charge on any atom is -0.345 e. The standard InChI is InChI=1S/C22H25N3O2/c1-15-12-16(2)21-19(13-15)14-18(22(27)24-21)4-5-20(26)25(3)11-8-17-6-9-23-10-7-17/h6-7,9-10,12-14H,4-5,8,11H2,1-3H3,(H,24,27). The molecule has 0 fully saturated rings. The smallest absolute Gasteiger partial charge is 0.251 e. The number of aryl methyl sites for hydroxylation is 3. The molecule has 1 amide bonds. The maximum Gasteiger partial charge on any atom is 0.251 e. The molecule has 0 saturated carbocycles. The Morgan fingerprint density at radius 3 is 2.59 bits per heavy atom. The van der Waals surface area contributed by atoms with Crippen LogP contribution in [0.5, 0.6) is 0 Å². The van der Waals surface area contributed by atoms with Gasteiger partial charge in [-0.25, -0.2) is 0 Å². The Morgan fingerprint density at radius 1 is 1.11 bits per heavy atom. The lowest BCUT2D eigenvalue weighted by molar-refractivity contribution is -0.129. The number of rotatable bonds is 6. The van der Waals surface area contributed by atoms with Crippen LogP contribution in [0.2, 0.25) is 0 Å². The normalized spacial score (nSPS) is 10.9. The lowest BCUT2D eigenvalue weighted by atomic mass is 10.0. The van der Waals surface area contributed by atoms with E-state index in [4.69, 9.17) is 0 Å². The minimum atomic E-state index is -0.110. The number of benzene rings is 1. The van der Waals surface area contributed by atoms with Crippen LogP contribution >= 0.6 is 0 Å². The Morgan fingerprint density at radius 2 is 1.85 bits per heavy atom. The van der Waals surface area contributed by atoms with Crippen LogP contribution in [0.15, 0.2) is 47.5 Å². The molecule has 2 aromatic heterocycles. The zero-order valence-corrected chi connectivity index (χ0v) is 16.1. The van der Waals surface area contributed by atoms with Gasteiger partial charge < -0.3 is 9.88 Å². The number of nitrogens with one attached hydrogen (secondary N) is 1. The Labute approximate surface area is 159 Å². The summed E-state index contributed by atoms with van der Waals surface area (Å²) in [6.07, 6.45) is 5.07. The van der Waals surface area contributed by atoms with Crippen molar-refractivity contribution in [1.29, 1.82) is 0 Å². The van der Waals surface area contributed by atoms with E-state index in [0.717, 1.165) is 34.0 Å². The Kier molecular flexibility index (Phi) is 5.69. The first-order valence-corrected chi connectivity index (χ1v) is 9.20. The SMILES string of the molecule is Cc1cc(C)c2[nH]c(=O)c(CCC(=O)N(C)CCc3ccncc3)cc2c1. The summed E-state index contributed by atoms with van der Waals surface area (Å²) in [5.74, 6) is 0.0453. The second kappa shape index (κ2) is 8.16. The van der Waals surface area contributed by atoms with E-state index in [1.165, 1.54) is 0 Å². The fraction of sp³-hybridized carbons (Fsp3) is 0.318. The van der Waals surface area contributed by atoms with Crippen LogP contribution in [-0.2, 0) is 17.6 Å². The summed E-state index contributed by atoms with van der Waals surface area (Å²) in [6.45, 7) is 4.68. The van der Waals surface area contributed by atoms with E-state index in [1.54, 1.807) is 24.3 Å². The summed E-state index contributed by atoms with van der Waals surface area (Å²) >= 11 is 0. The van der Waals surface area contributed by atoms with Gasteiger partial charge in [0.05, 0.1) is 5.52 Å². The molecule has 0 radical (unpaired) electrons. The average molecular weight is 363 g/mol. The van der Waals surface area contributed by atoms with Gasteiger partial charge >= 0.3 is 0 Å². The van der Waals surface area contributed by atoms with Gasteiger partial charge in [0.1, 0.15) is 0 Å². The molecule has 0 aliphatic rings. The van der Waals surface area contributed by atoms with Crippen molar-refractivity contribution in [3.05, 3.63) is 75.3 Å². The van der Waals surface area contributed by atoms with E-state index < -0.39 is 0 Å². The van der Waals surface area contributed by atoms with Crippen LogP contribution in [0.25, 0.3) is 10.9 Å². The zero-order valence-electron chi connectivity index (χ0n) is 16.1. The molecule has 2 heterocycles. The molecule has 0 aliphatic heterocycles. The Balaban J connectivity index is 1.64. The van der Waals surface area contributed by atoms with Crippen LogP contribution in [-0.4, -0.2) is 34.4 Å². The number of H-pyrrole nitrogens is 1. The van der Waals surface area contributed by atoms with Crippen molar-refractivity contribution in [2.75, 3.05) is 13.6 Å². The molecule has 0 atom stereocenters. The third-order valence-electron chi connectivity index (χ3n) is 4.89. The highest BCUT2D eigenvalue weighted by Crippen LogP contribution is 2.18. The number of likely N-dealkylation sites (N-methyl/N-ethyl adjacent to an activating group) is 1. The number of aromatic amines is 1. The van der Waals surface area contributed by atoms with Crippen LogP contribution in [0.1, 0.15) is 28.7 Å². The quantitative estimate of drug-likeness (QED) is 0.731. The van der Waals surface area contributed by atoms with Gasteiger partial charge in [0.2, 0.25) is 5.91 Å². The van der Waals surface area contributed by atoms with E-state index >= 15 is 0 Å². The number of hydrogen-bond acceptors (Lipinski definition) is 3. The first kappa shape index (κ1) is 18.8. The first-order chi connectivity index (χ1) is 12.9. The van der Waals surface area contributed by atoms with Crippen molar-refractivity contribution in [3.63, 3.8) is 0 Å². The molecular weight excluding hydrogens is 338 g/mol. The van der Waals surface area contributed by atoms with Crippen LogP contribution in [0, 0.1) is 13.8 Å². The van der Waals surface area contributed by atoms with E-state index in [9.17, 15) is 9.59 Å². The second-order valence-electron chi connectivity index (χ2n) is 7.09. The third kappa shape index (κ3) is 4.61. The van der Waals surface area contributed by atoms with Crippen molar-refractivity contribution in [2.24, 2.45) is 0 Å². The molecule has 1 aromatic carbocycles. The molecule has 0 spiro atoms. The molecule has 0 aliphatic carbocycles. The molecule has 0 unspecified atom stereocenters. The maximum atomic E-state index is 12.4. The highest BCUT2D eigenvalue weighted by Gasteiger charge is 2.12. The molecule has 0 saturated heterocycles. The monoisotopic (exact) mass is 363 g/mol. The van der Waals surface area contributed by atoms with Crippen LogP contribution < -0.4 is 5.56 Å². The van der Waals surface area contributed by atoms with Crippen molar-refractivity contribution in [3.8, 4) is 0 Å². The molecule has 5 nitrogen and oxygen atoms in total. The minimum absolute atomic E-state index is 0.0453. The lowest BCUT2D eigenvalue weighted by Gasteiger charge is -2.17. The lowest BCUT2D eigenvalue weighted by Crippen LogP contribution is -2.29. The van der Waals surface area contributed by atoms with E-state index in [1.807, 2.05) is 32.0 Å². The Bertz CT molecular complexity index is 1010. The van der Waals surface area contributed by atoms with Gasteiger partial charge in [0, 0.05) is 38.0 Å². The van der Waals surface area contributed by atoms with E-state index in [-0.39, 0.29) is 11.5 Å². The molecular formula is C22H25N3O2. The average Bonchev–Trinajstić information content (AvgIpc) is 2.65. The van der Waals surface area contributed by atoms with Gasteiger partial charge in [0.25, 0.3) is 5.56 Å². The van der Waals surface area contributed by atoms with Crippen molar-refractivity contribution >= 4 is 16.8 Å². The summed E-state index contributed by atoms with van der Waals surface area (Å²) in [7, 11) is 1.81. The first-order valence-electron chi connectivity index (χ1n) is 9.20. The van der Waals surface area contributed by atoms with Gasteiger partial charge in [-0.3, -0.25) is 14.6 Å². The van der Waals surface area contributed by atoms with E-state index in [0.29, 0.717) is 24.9 Å². The zero-order chi connectivity index (χ0) is 19.4. The number of pyridine rings is 2. The van der Waals surface area contributed by atoms with Gasteiger partial charge in [-0.1, -0.05) is 11.6 Å². The summed E-state index contributed by atoms with van der Waals surface area (Å²) < 4.78 is 0. The molecule has 1 N–H and O–H groups in total. The third-order valence-corrected chi connectivity index (χ3v) is 4.89. The van der Waals surface area contributed by atoms with Crippen molar-refractivity contribution in [2.45, 2.75) is 33.1 Å². The summed E-state index contributed by atoms with van der Waals surface area (Å²) in [4.78, 5) is 33.5. The number of carbonyl (C=O) groups is 1. The summed E-state index contributed by atoms with van der Waals surface area (Å²) in [5, 5.41) is 1.01. The number of fused-ring (bicyclic) bond motifs is 1. The Hall–Kier alpha value is -2.95. The van der Waals surface area contributed by atoms with Gasteiger partial charge in [-0.05, 0) is 67.5 Å². The molecule has 5 heteroatoms. The van der Waals surface area contributed by atoms with Crippen molar-refractivity contribution in [1.82, 2.24) is 14.9 Å². The fourth-order valence-corrected chi connectivity index (χ4v) is 3.32. The van der Waals surface area contributed by atoms with E-state index in [2.05, 4.69) is 22.1 Å². The number of hydrogen-bond donors (Lipinski definition) is 1. The largest absolute Gasteiger partial charge is 0.345 e. The number of amides is 1. The number of nitrogens with zero attached hydrogens (tertiary/aromatic N) is 2. The highest BCUT2D eigenvalue weighted by molar-refractivity contribution is 5.83. The molecule has 3 rings (SSSR count). The predicted octanol–water partition coefficient (Wildman–Crippen LogP) is 3.17. The number of carbonyl (C=O) groups excluding carboxylic acids is 1. The predicted molar refractivity (Wildman–Crippen MR) is 108 cm³/mol. The summed E-state index contributed by atoms with van der Waals surface area (Å²) in [5.41, 5.74) is 4.78. The van der Waals surface area contributed by atoms with Crippen LogP contribution in [0.3, 0.4) is 0 Å². The fourth-order valence-electron chi connectivity index (χ4n) is 3.32. The molecule has 3 aromatic rings. The highest BCUT2D eigenvalue weighted by atomic mass is 16.2. The van der Waals surface area contributed by atoms with Crippen molar-refractivity contribution < 1.29 is 4.79 Å². The van der Waals surface area contributed by atoms with Gasteiger partial charge in [-0.15, -0.1) is 0 Å². The number of aromatic nitrogens is 2. The second-order valence-corrected chi connectivity index (χ2v) is 7.09. The van der Waals surface area contributed by atoms with Crippen LogP contribution in [0.4, 0.5) is 0 Å². The topological polar surface area (TPSA) is 66.1 Å². The molecule has 140 valence electrons.